The van der Waals surface area contributed by atoms with Crippen LogP contribution in [0, 0.1) is 13.8 Å². The maximum absolute atomic E-state index is 6.40. The molecule has 0 spiro atoms. The third-order valence-corrected chi connectivity index (χ3v) is 7.07. The van der Waals surface area contributed by atoms with Gasteiger partial charge in [0.05, 0.1) is 4.83 Å². The lowest BCUT2D eigenvalue weighted by Crippen LogP contribution is -1.94. The fraction of sp³-hybridized carbons (Fsp3) is 0.200. The molecule has 0 radical (unpaired) electrons. The summed E-state index contributed by atoms with van der Waals surface area (Å²) in [5, 5.41) is 2.97. The number of thiophene rings is 2. The SMILES string of the molecule is Cc1cc(Cl)c(C(Br)c2cc3sccc3s2)cc1C. The molecule has 2 aromatic heterocycles. The van der Waals surface area contributed by atoms with Gasteiger partial charge in [0, 0.05) is 19.3 Å². The van der Waals surface area contributed by atoms with Crippen molar-refractivity contribution < 1.29 is 0 Å². The Hall–Kier alpha value is -0.350. The molecule has 1 atom stereocenters. The largest absolute Gasteiger partial charge is 0.143 e. The van der Waals surface area contributed by atoms with Gasteiger partial charge in [0.2, 0.25) is 0 Å². The molecular weight excluding hydrogens is 360 g/mol. The van der Waals surface area contributed by atoms with Crippen molar-refractivity contribution in [2.24, 2.45) is 0 Å². The second-order valence-corrected chi connectivity index (χ2v) is 8.00. The van der Waals surface area contributed by atoms with Gasteiger partial charge in [-0.15, -0.1) is 22.7 Å². The molecule has 0 nitrogen and oxygen atoms in total. The summed E-state index contributed by atoms with van der Waals surface area (Å²) in [7, 11) is 0. The molecule has 0 aliphatic heterocycles. The number of hydrogen-bond acceptors (Lipinski definition) is 2. The summed E-state index contributed by atoms with van der Waals surface area (Å²) in [6, 6.07) is 8.67. The van der Waals surface area contributed by atoms with Crippen molar-refractivity contribution in [2.75, 3.05) is 0 Å². The molecule has 19 heavy (non-hydrogen) atoms. The van der Waals surface area contributed by atoms with E-state index in [1.807, 2.05) is 11.3 Å². The van der Waals surface area contributed by atoms with E-state index in [2.05, 4.69) is 59.4 Å². The molecule has 98 valence electrons. The minimum atomic E-state index is 0.170. The average molecular weight is 372 g/mol. The van der Waals surface area contributed by atoms with Crippen LogP contribution in [0.5, 0.6) is 0 Å². The maximum atomic E-state index is 6.40. The molecule has 1 aromatic carbocycles. The van der Waals surface area contributed by atoms with Gasteiger partial charge in [0.1, 0.15) is 0 Å². The summed E-state index contributed by atoms with van der Waals surface area (Å²) >= 11 is 13.8. The Kier molecular flexibility index (Phi) is 3.73. The lowest BCUT2D eigenvalue weighted by molar-refractivity contribution is 1.19. The Bertz CT molecular complexity index is 713. The van der Waals surface area contributed by atoms with E-state index < -0.39 is 0 Å². The van der Waals surface area contributed by atoms with E-state index in [9.17, 15) is 0 Å². The van der Waals surface area contributed by atoms with Gasteiger partial charge in [-0.3, -0.25) is 0 Å². The van der Waals surface area contributed by atoms with Crippen LogP contribution in [0.15, 0.2) is 29.6 Å². The minimum Gasteiger partial charge on any atom is -0.143 e. The van der Waals surface area contributed by atoms with E-state index >= 15 is 0 Å². The highest BCUT2D eigenvalue weighted by Gasteiger charge is 2.17. The van der Waals surface area contributed by atoms with Crippen LogP contribution >= 0.6 is 50.2 Å². The smallest absolute Gasteiger partial charge is 0.0753 e. The van der Waals surface area contributed by atoms with Crippen LogP contribution in [0.25, 0.3) is 9.40 Å². The van der Waals surface area contributed by atoms with Crippen molar-refractivity contribution in [1.29, 1.82) is 0 Å². The van der Waals surface area contributed by atoms with Gasteiger partial charge in [-0.25, -0.2) is 0 Å². The van der Waals surface area contributed by atoms with Crippen LogP contribution in [0.4, 0.5) is 0 Å². The van der Waals surface area contributed by atoms with Crippen molar-refractivity contribution in [1.82, 2.24) is 0 Å². The molecular formula is C15H12BrClS2. The average Bonchev–Trinajstić information content (AvgIpc) is 2.93. The van der Waals surface area contributed by atoms with E-state index in [0.717, 1.165) is 10.6 Å². The lowest BCUT2D eigenvalue weighted by Gasteiger charge is -2.13. The first-order chi connectivity index (χ1) is 9.06. The zero-order valence-electron chi connectivity index (χ0n) is 10.5. The van der Waals surface area contributed by atoms with Gasteiger partial charge in [0.15, 0.2) is 0 Å². The predicted molar refractivity (Wildman–Crippen MR) is 91.4 cm³/mol. The molecule has 0 fully saturated rings. The number of hydrogen-bond donors (Lipinski definition) is 0. The highest BCUT2D eigenvalue weighted by molar-refractivity contribution is 9.09. The summed E-state index contributed by atoms with van der Waals surface area (Å²) in [5.41, 5.74) is 3.67. The molecule has 3 aromatic rings. The fourth-order valence-electron chi connectivity index (χ4n) is 2.06. The number of fused-ring (bicyclic) bond motifs is 1. The first kappa shape index (κ1) is 13.6. The van der Waals surface area contributed by atoms with Crippen molar-refractivity contribution in [2.45, 2.75) is 18.7 Å². The zero-order chi connectivity index (χ0) is 13.6. The molecule has 0 saturated carbocycles. The highest BCUT2D eigenvalue weighted by Crippen LogP contribution is 2.42. The molecule has 0 aliphatic rings. The third kappa shape index (κ3) is 2.49. The molecule has 1 unspecified atom stereocenters. The number of benzene rings is 1. The zero-order valence-corrected chi connectivity index (χ0v) is 14.5. The van der Waals surface area contributed by atoms with E-state index in [1.54, 1.807) is 11.3 Å². The molecule has 0 aliphatic carbocycles. The predicted octanol–water partition coefficient (Wildman–Crippen LogP) is 6.72. The number of rotatable bonds is 2. The van der Waals surface area contributed by atoms with Crippen molar-refractivity contribution in [3.63, 3.8) is 0 Å². The Balaban J connectivity index is 2.06. The monoisotopic (exact) mass is 370 g/mol. The van der Waals surface area contributed by atoms with Gasteiger partial charge >= 0.3 is 0 Å². The molecule has 3 rings (SSSR count). The second-order valence-electron chi connectivity index (χ2n) is 4.62. The second kappa shape index (κ2) is 5.21. The summed E-state index contributed by atoms with van der Waals surface area (Å²) < 4.78 is 2.70. The van der Waals surface area contributed by atoms with E-state index in [-0.39, 0.29) is 4.83 Å². The number of alkyl halides is 1. The molecule has 0 bridgehead atoms. The van der Waals surface area contributed by atoms with Gasteiger partial charge in [0.25, 0.3) is 0 Å². The standard InChI is InChI=1S/C15H12BrClS2/c1-8-5-10(11(17)6-9(8)2)15(16)14-7-13-12(19-14)3-4-18-13/h3-7,15H,1-2H3. The van der Waals surface area contributed by atoms with Crippen LogP contribution in [0.3, 0.4) is 0 Å². The lowest BCUT2D eigenvalue weighted by atomic mass is 10.0. The van der Waals surface area contributed by atoms with Crippen molar-refractivity contribution in [3.05, 3.63) is 56.2 Å². The molecule has 2 heterocycles. The summed E-state index contributed by atoms with van der Waals surface area (Å²) in [6.45, 7) is 4.22. The van der Waals surface area contributed by atoms with Gasteiger partial charge in [-0.1, -0.05) is 33.6 Å². The highest BCUT2D eigenvalue weighted by atomic mass is 79.9. The minimum absolute atomic E-state index is 0.170. The third-order valence-electron chi connectivity index (χ3n) is 3.29. The molecule has 4 heteroatoms. The van der Waals surface area contributed by atoms with Crippen LogP contribution in [0.1, 0.15) is 26.4 Å². The first-order valence-electron chi connectivity index (χ1n) is 5.94. The van der Waals surface area contributed by atoms with Crippen molar-refractivity contribution >= 4 is 59.6 Å². The number of halogens is 2. The Morgan fingerprint density at radius 1 is 1.11 bits per heavy atom. The Labute approximate surface area is 134 Å². The van der Waals surface area contributed by atoms with E-state index in [4.69, 9.17) is 11.6 Å². The van der Waals surface area contributed by atoms with E-state index in [0.29, 0.717) is 0 Å². The summed E-state index contributed by atoms with van der Waals surface area (Å²) in [5.74, 6) is 0. The number of aryl methyl sites for hydroxylation is 2. The Morgan fingerprint density at radius 2 is 1.84 bits per heavy atom. The first-order valence-corrected chi connectivity index (χ1v) is 8.93. The summed E-state index contributed by atoms with van der Waals surface area (Å²) in [6.07, 6.45) is 0. The topological polar surface area (TPSA) is 0 Å². The molecule has 0 amide bonds. The summed E-state index contributed by atoms with van der Waals surface area (Å²) in [4.78, 5) is 1.48. The van der Waals surface area contributed by atoms with E-state index in [1.165, 1.54) is 25.4 Å². The van der Waals surface area contributed by atoms with Crippen LogP contribution in [-0.4, -0.2) is 0 Å². The van der Waals surface area contributed by atoms with Crippen LogP contribution < -0.4 is 0 Å². The molecule has 0 saturated heterocycles. The van der Waals surface area contributed by atoms with Crippen LogP contribution in [-0.2, 0) is 0 Å². The quantitative estimate of drug-likeness (QED) is 0.439. The van der Waals surface area contributed by atoms with Crippen LogP contribution in [0.2, 0.25) is 5.02 Å². The van der Waals surface area contributed by atoms with Gasteiger partial charge in [-0.2, -0.15) is 0 Å². The normalized spacial score (nSPS) is 13.1. The molecule has 0 N–H and O–H groups in total. The van der Waals surface area contributed by atoms with Gasteiger partial charge in [-0.05, 0) is 54.1 Å². The van der Waals surface area contributed by atoms with Gasteiger partial charge < -0.3 is 0 Å². The van der Waals surface area contributed by atoms with Crippen molar-refractivity contribution in [3.8, 4) is 0 Å². The Morgan fingerprint density at radius 3 is 2.58 bits per heavy atom. The maximum Gasteiger partial charge on any atom is 0.0753 e. The fourth-order valence-corrected chi connectivity index (χ4v) is 5.43.